The van der Waals surface area contributed by atoms with Crippen LogP contribution < -0.4 is 15.0 Å². The van der Waals surface area contributed by atoms with Gasteiger partial charge in [0.05, 0.1) is 0 Å². The second kappa shape index (κ2) is 8.62. The van der Waals surface area contributed by atoms with Crippen molar-refractivity contribution in [2.45, 2.75) is 26.2 Å². The fraction of sp³-hybridized carbons (Fsp3) is 0.273. The molecule has 2 aromatic carbocycles. The fourth-order valence-electron chi connectivity index (χ4n) is 3.29. The lowest BCUT2D eigenvalue weighted by Crippen LogP contribution is -2.24. The number of nitrogens with one attached hydrogen (secondary N) is 1. The number of carbonyl (C=O) groups excluding carboxylic acids is 2. The van der Waals surface area contributed by atoms with E-state index in [1.165, 1.54) is 16.9 Å². The van der Waals surface area contributed by atoms with E-state index in [-0.39, 0.29) is 24.3 Å². The number of aryl methyl sites for hydroxylation is 2. The molecule has 3 aromatic rings. The summed E-state index contributed by atoms with van der Waals surface area (Å²) < 4.78 is 5.43. The number of rotatable bonds is 6. The summed E-state index contributed by atoms with van der Waals surface area (Å²) in [7, 11) is 0. The first-order valence-corrected chi connectivity index (χ1v) is 10.5. The van der Waals surface area contributed by atoms with E-state index in [2.05, 4.69) is 22.4 Å². The molecule has 1 fully saturated rings. The van der Waals surface area contributed by atoms with E-state index in [9.17, 15) is 9.59 Å². The highest BCUT2D eigenvalue weighted by Gasteiger charge is 2.34. The third-order valence-corrected chi connectivity index (χ3v) is 6.08. The quantitative estimate of drug-likeness (QED) is 0.655. The number of hydrogen-bond donors (Lipinski definition) is 1. The second-order valence-electron chi connectivity index (χ2n) is 7.27. The van der Waals surface area contributed by atoms with Gasteiger partial charge in [0.2, 0.25) is 11.0 Å². The van der Waals surface area contributed by atoms with E-state index in [0.29, 0.717) is 23.8 Å². The zero-order valence-electron chi connectivity index (χ0n) is 16.8. The predicted octanol–water partition coefficient (Wildman–Crippen LogP) is 3.69. The normalized spacial score (nSPS) is 16.0. The fourth-order valence-corrected chi connectivity index (χ4v) is 4.14. The van der Waals surface area contributed by atoms with Crippen LogP contribution in [0.2, 0.25) is 0 Å². The van der Waals surface area contributed by atoms with E-state index in [0.717, 1.165) is 16.3 Å². The number of carbonyl (C=O) groups is 2. The van der Waals surface area contributed by atoms with Gasteiger partial charge in [0.25, 0.3) is 5.91 Å². The summed E-state index contributed by atoms with van der Waals surface area (Å²) in [6, 6.07) is 15.2. The SMILES string of the molecule is Cc1ccc(N2C[C@@H](c3nnc(NC(=O)COc4ccccc4)s3)CC2=O)cc1C. The minimum atomic E-state index is -0.305. The summed E-state index contributed by atoms with van der Waals surface area (Å²) in [6.07, 6.45) is 0.382. The van der Waals surface area contributed by atoms with Crippen molar-refractivity contribution in [1.82, 2.24) is 10.2 Å². The summed E-state index contributed by atoms with van der Waals surface area (Å²) in [5.74, 6) is 0.352. The van der Waals surface area contributed by atoms with Gasteiger partial charge in [-0.2, -0.15) is 0 Å². The second-order valence-corrected chi connectivity index (χ2v) is 8.28. The van der Waals surface area contributed by atoms with Crippen molar-refractivity contribution in [3.63, 3.8) is 0 Å². The maximum atomic E-state index is 12.6. The molecule has 1 saturated heterocycles. The smallest absolute Gasteiger partial charge is 0.264 e. The van der Waals surface area contributed by atoms with Crippen LogP contribution in [0.25, 0.3) is 0 Å². The van der Waals surface area contributed by atoms with Gasteiger partial charge < -0.3 is 9.64 Å². The number of hydrogen-bond acceptors (Lipinski definition) is 6. The molecule has 0 saturated carbocycles. The average Bonchev–Trinajstić information content (AvgIpc) is 3.36. The molecule has 2 heterocycles. The number of aromatic nitrogens is 2. The molecule has 7 nitrogen and oxygen atoms in total. The number of ether oxygens (including phenoxy) is 1. The minimum absolute atomic E-state index is 0.0390. The van der Waals surface area contributed by atoms with E-state index >= 15 is 0 Å². The van der Waals surface area contributed by atoms with E-state index < -0.39 is 0 Å². The topological polar surface area (TPSA) is 84.4 Å². The summed E-state index contributed by atoms with van der Waals surface area (Å²) in [5.41, 5.74) is 3.26. The highest BCUT2D eigenvalue weighted by molar-refractivity contribution is 7.15. The van der Waals surface area contributed by atoms with Crippen LogP contribution in [0.5, 0.6) is 5.75 Å². The van der Waals surface area contributed by atoms with Gasteiger partial charge in [-0.3, -0.25) is 14.9 Å². The molecule has 154 valence electrons. The molecule has 1 N–H and O–H groups in total. The van der Waals surface area contributed by atoms with Crippen LogP contribution >= 0.6 is 11.3 Å². The molecule has 0 radical (unpaired) electrons. The molecule has 0 bridgehead atoms. The van der Waals surface area contributed by atoms with Gasteiger partial charge >= 0.3 is 0 Å². The first-order valence-electron chi connectivity index (χ1n) is 9.68. The predicted molar refractivity (Wildman–Crippen MR) is 116 cm³/mol. The van der Waals surface area contributed by atoms with Crippen molar-refractivity contribution in [2.24, 2.45) is 0 Å². The van der Waals surface area contributed by atoms with Crippen LogP contribution in [0, 0.1) is 13.8 Å². The maximum absolute atomic E-state index is 12.6. The Morgan fingerprint density at radius 3 is 2.73 bits per heavy atom. The Kier molecular flexibility index (Phi) is 5.76. The number of amides is 2. The van der Waals surface area contributed by atoms with Crippen molar-refractivity contribution < 1.29 is 14.3 Å². The standard InChI is InChI=1S/C22H22N4O3S/c1-14-8-9-17(10-15(14)2)26-12-16(11-20(26)28)21-24-25-22(30-21)23-19(27)13-29-18-6-4-3-5-7-18/h3-10,16H,11-13H2,1-2H3,(H,23,25,27)/t16-/m0/s1. The van der Waals surface area contributed by atoms with E-state index in [1.807, 2.05) is 43.3 Å². The first kappa shape index (κ1) is 20.0. The Morgan fingerprint density at radius 1 is 1.17 bits per heavy atom. The van der Waals surface area contributed by atoms with Crippen LogP contribution in [0.1, 0.15) is 28.5 Å². The summed E-state index contributed by atoms with van der Waals surface area (Å²) >= 11 is 1.30. The van der Waals surface area contributed by atoms with E-state index in [4.69, 9.17) is 4.74 Å². The molecule has 0 aliphatic carbocycles. The van der Waals surface area contributed by atoms with Gasteiger partial charge in [0.1, 0.15) is 10.8 Å². The van der Waals surface area contributed by atoms with Crippen LogP contribution in [-0.4, -0.2) is 35.2 Å². The zero-order chi connectivity index (χ0) is 21.1. The van der Waals surface area contributed by atoms with Gasteiger partial charge in [0.15, 0.2) is 6.61 Å². The summed E-state index contributed by atoms with van der Waals surface area (Å²) in [5, 5.41) is 12.1. The molecular weight excluding hydrogens is 400 g/mol. The summed E-state index contributed by atoms with van der Waals surface area (Å²) in [4.78, 5) is 26.5. The highest BCUT2D eigenvalue weighted by atomic mass is 32.1. The Hall–Kier alpha value is -3.26. The Balaban J connectivity index is 1.36. The van der Waals surface area contributed by atoms with Crippen LogP contribution in [0.3, 0.4) is 0 Å². The minimum Gasteiger partial charge on any atom is -0.484 e. The third kappa shape index (κ3) is 4.49. The molecule has 0 unspecified atom stereocenters. The Labute approximate surface area is 178 Å². The monoisotopic (exact) mass is 422 g/mol. The van der Waals surface area contributed by atoms with Crippen molar-refractivity contribution in [1.29, 1.82) is 0 Å². The molecular formula is C22H22N4O3S. The lowest BCUT2D eigenvalue weighted by atomic mass is 10.1. The Morgan fingerprint density at radius 2 is 1.97 bits per heavy atom. The van der Waals surface area contributed by atoms with E-state index in [1.54, 1.807) is 17.0 Å². The first-order chi connectivity index (χ1) is 14.5. The molecule has 0 spiro atoms. The molecule has 4 rings (SSSR count). The zero-order valence-corrected chi connectivity index (χ0v) is 17.6. The van der Waals surface area contributed by atoms with Gasteiger partial charge in [-0.1, -0.05) is 35.6 Å². The van der Waals surface area contributed by atoms with Crippen LogP contribution in [0.4, 0.5) is 10.8 Å². The number of para-hydroxylation sites is 1. The molecule has 1 atom stereocenters. The van der Waals surface area contributed by atoms with Crippen molar-refractivity contribution in [3.05, 3.63) is 64.7 Å². The van der Waals surface area contributed by atoms with Crippen molar-refractivity contribution >= 4 is 34.0 Å². The Bertz CT molecular complexity index is 1070. The lowest BCUT2D eigenvalue weighted by Gasteiger charge is -2.17. The number of nitrogens with zero attached hydrogens (tertiary/aromatic N) is 3. The van der Waals surface area contributed by atoms with Crippen LogP contribution in [0.15, 0.2) is 48.5 Å². The van der Waals surface area contributed by atoms with Gasteiger partial charge in [0, 0.05) is 24.6 Å². The molecule has 1 aromatic heterocycles. The lowest BCUT2D eigenvalue weighted by molar-refractivity contribution is -0.118. The molecule has 8 heteroatoms. The largest absolute Gasteiger partial charge is 0.484 e. The van der Waals surface area contributed by atoms with Crippen molar-refractivity contribution in [2.75, 3.05) is 23.4 Å². The van der Waals surface area contributed by atoms with Crippen LogP contribution in [-0.2, 0) is 9.59 Å². The molecule has 1 aliphatic rings. The van der Waals surface area contributed by atoms with Crippen molar-refractivity contribution in [3.8, 4) is 5.75 Å². The summed E-state index contributed by atoms with van der Waals surface area (Å²) in [6.45, 7) is 4.54. The number of benzene rings is 2. The van der Waals surface area contributed by atoms with Gasteiger partial charge in [-0.15, -0.1) is 10.2 Å². The highest BCUT2D eigenvalue weighted by Crippen LogP contribution is 2.34. The molecule has 1 aliphatic heterocycles. The number of anilines is 2. The van der Waals surface area contributed by atoms with Gasteiger partial charge in [-0.05, 0) is 49.2 Å². The molecule has 30 heavy (non-hydrogen) atoms. The maximum Gasteiger partial charge on any atom is 0.264 e. The average molecular weight is 423 g/mol. The third-order valence-electron chi connectivity index (χ3n) is 5.08. The van der Waals surface area contributed by atoms with Gasteiger partial charge in [-0.25, -0.2) is 0 Å². The molecule has 2 amide bonds.